The molecule has 4 rings (SSSR count). The summed E-state index contributed by atoms with van der Waals surface area (Å²) in [5.41, 5.74) is 7.75. The van der Waals surface area contributed by atoms with Crippen LogP contribution in [0.4, 0.5) is 0 Å². The van der Waals surface area contributed by atoms with E-state index in [0.29, 0.717) is 6.54 Å². The van der Waals surface area contributed by atoms with Gasteiger partial charge in [-0.2, -0.15) is 5.26 Å². The van der Waals surface area contributed by atoms with Gasteiger partial charge in [0.2, 0.25) is 0 Å². The molecule has 0 saturated carbocycles. The van der Waals surface area contributed by atoms with E-state index < -0.39 is 5.91 Å². The van der Waals surface area contributed by atoms with Crippen LogP contribution in [-0.2, 0) is 11.3 Å². The monoisotopic (exact) mass is 394 g/mol. The molecule has 1 amide bonds. The molecule has 5 heteroatoms. The van der Waals surface area contributed by atoms with Crippen molar-refractivity contribution < 1.29 is 4.79 Å². The van der Waals surface area contributed by atoms with Crippen molar-refractivity contribution in [3.8, 4) is 6.07 Å². The van der Waals surface area contributed by atoms with Crippen molar-refractivity contribution in [3.05, 3.63) is 101 Å². The Morgan fingerprint density at radius 2 is 1.67 bits per heavy atom. The molecule has 148 valence electrons. The highest BCUT2D eigenvalue weighted by Gasteiger charge is 2.14. The quantitative estimate of drug-likeness (QED) is 0.391. The number of nitrogens with one attached hydrogen (secondary N) is 1. The molecule has 0 unspecified atom stereocenters. The number of aromatic nitrogens is 2. The highest BCUT2D eigenvalue weighted by atomic mass is 16.2. The van der Waals surface area contributed by atoms with Gasteiger partial charge < -0.3 is 4.57 Å². The second-order valence-electron chi connectivity index (χ2n) is 7.28. The van der Waals surface area contributed by atoms with E-state index in [4.69, 9.17) is 0 Å². The van der Waals surface area contributed by atoms with E-state index in [1.54, 1.807) is 10.8 Å². The third-order valence-corrected chi connectivity index (χ3v) is 5.16. The number of amides is 1. The smallest absolute Gasteiger partial charge is 0.280 e. The van der Waals surface area contributed by atoms with Gasteiger partial charge in [-0.05, 0) is 43.7 Å². The molecule has 1 N–H and O–H groups in total. The Morgan fingerprint density at radius 3 is 2.37 bits per heavy atom. The number of nitrogens with zero attached hydrogens (tertiary/aromatic N) is 3. The van der Waals surface area contributed by atoms with Crippen LogP contribution < -0.4 is 5.43 Å². The van der Waals surface area contributed by atoms with Gasteiger partial charge in [0, 0.05) is 40.6 Å². The first-order chi connectivity index (χ1) is 14.6. The zero-order valence-electron chi connectivity index (χ0n) is 17.0. The molecule has 5 nitrogen and oxygen atoms in total. The highest BCUT2D eigenvalue weighted by Crippen LogP contribution is 2.24. The van der Waals surface area contributed by atoms with Crippen LogP contribution in [0.25, 0.3) is 17.0 Å². The minimum Gasteiger partial charge on any atom is -0.342 e. The summed E-state index contributed by atoms with van der Waals surface area (Å²) in [5.74, 6) is -0.431. The summed E-state index contributed by atoms with van der Waals surface area (Å²) in [6.45, 7) is 4.52. The van der Waals surface area contributed by atoms with Crippen molar-refractivity contribution in [2.75, 3.05) is 5.43 Å². The van der Waals surface area contributed by atoms with E-state index in [-0.39, 0.29) is 5.57 Å². The fourth-order valence-electron chi connectivity index (χ4n) is 3.61. The molecular formula is C25H22N4O. The van der Waals surface area contributed by atoms with E-state index in [1.165, 1.54) is 5.56 Å². The topological polar surface area (TPSA) is 62.8 Å². The molecule has 0 saturated heterocycles. The first kappa shape index (κ1) is 19.3. The third-order valence-electron chi connectivity index (χ3n) is 5.16. The van der Waals surface area contributed by atoms with Crippen LogP contribution in [0.3, 0.4) is 0 Å². The number of aryl methyl sites for hydroxylation is 2. The standard InChI is InChI=1S/C25H22N4O/c1-18-12-13-19(2)29(18)27-25(30)21(15-26)14-22-17-28(16-20-8-4-3-5-9-20)24-11-7-6-10-23(22)24/h3-14,17H,16H2,1-2H3,(H,27,30)/b21-14+. The van der Waals surface area contributed by atoms with Gasteiger partial charge in [0.25, 0.3) is 5.91 Å². The van der Waals surface area contributed by atoms with Crippen LogP contribution in [0, 0.1) is 25.2 Å². The molecule has 30 heavy (non-hydrogen) atoms. The lowest BCUT2D eigenvalue weighted by Gasteiger charge is -2.10. The van der Waals surface area contributed by atoms with Crippen molar-refractivity contribution in [3.63, 3.8) is 0 Å². The van der Waals surface area contributed by atoms with Crippen molar-refractivity contribution >= 4 is 22.9 Å². The third kappa shape index (κ3) is 3.76. The predicted octanol–water partition coefficient (Wildman–Crippen LogP) is 4.79. The number of carbonyl (C=O) groups is 1. The highest BCUT2D eigenvalue weighted by molar-refractivity contribution is 6.08. The number of nitriles is 1. The molecule has 0 aliphatic rings. The Labute approximate surface area is 175 Å². The first-order valence-electron chi connectivity index (χ1n) is 9.76. The minimum absolute atomic E-state index is 0.0603. The number of hydrogen-bond donors (Lipinski definition) is 1. The van der Waals surface area contributed by atoms with E-state index in [0.717, 1.165) is 27.9 Å². The zero-order chi connectivity index (χ0) is 21.1. The van der Waals surface area contributed by atoms with Gasteiger partial charge >= 0.3 is 0 Å². The second-order valence-corrected chi connectivity index (χ2v) is 7.28. The van der Waals surface area contributed by atoms with Gasteiger partial charge in [-0.1, -0.05) is 48.5 Å². The Morgan fingerprint density at radius 1 is 1.00 bits per heavy atom. The van der Waals surface area contributed by atoms with E-state index in [2.05, 4.69) is 28.2 Å². The van der Waals surface area contributed by atoms with E-state index in [1.807, 2.05) is 74.6 Å². The van der Waals surface area contributed by atoms with Gasteiger partial charge in [-0.25, -0.2) is 0 Å². The average molecular weight is 394 g/mol. The van der Waals surface area contributed by atoms with Crippen molar-refractivity contribution in [1.82, 2.24) is 9.24 Å². The summed E-state index contributed by atoms with van der Waals surface area (Å²) in [5, 5.41) is 10.6. The number of para-hydroxylation sites is 1. The summed E-state index contributed by atoms with van der Waals surface area (Å²) in [7, 11) is 0. The molecule has 2 aromatic carbocycles. The van der Waals surface area contributed by atoms with E-state index >= 15 is 0 Å². The maximum Gasteiger partial charge on any atom is 0.280 e. The molecule has 2 aromatic heterocycles. The summed E-state index contributed by atoms with van der Waals surface area (Å²) < 4.78 is 3.83. The summed E-state index contributed by atoms with van der Waals surface area (Å²) in [6.07, 6.45) is 3.65. The molecule has 0 bridgehead atoms. The van der Waals surface area contributed by atoms with Crippen LogP contribution in [0.15, 0.2) is 78.5 Å². The lowest BCUT2D eigenvalue weighted by atomic mass is 10.1. The molecule has 4 aromatic rings. The summed E-state index contributed by atoms with van der Waals surface area (Å²) in [6, 6.07) is 24.1. The Hall–Kier alpha value is -4.04. The summed E-state index contributed by atoms with van der Waals surface area (Å²) >= 11 is 0. The largest absolute Gasteiger partial charge is 0.342 e. The van der Waals surface area contributed by atoms with Gasteiger partial charge in [0.15, 0.2) is 0 Å². The molecule has 0 radical (unpaired) electrons. The normalized spacial score (nSPS) is 11.4. The van der Waals surface area contributed by atoms with Crippen LogP contribution in [0.1, 0.15) is 22.5 Å². The van der Waals surface area contributed by atoms with Crippen LogP contribution in [0.5, 0.6) is 0 Å². The predicted molar refractivity (Wildman–Crippen MR) is 119 cm³/mol. The zero-order valence-corrected chi connectivity index (χ0v) is 17.0. The Kier molecular flexibility index (Phi) is 5.23. The first-order valence-corrected chi connectivity index (χ1v) is 9.76. The fourth-order valence-corrected chi connectivity index (χ4v) is 3.61. The molecule has 0 aliphatic carbocycles. The molecule has 2 heterocycles. The second kappa shape index (κ2) is 8.14. The van der Waals surface area contributed by atoms with Crippen molar-refractivity contribution in [2.45, 2.75) is 20.4 Å². The molecule has 0 atom stereocenters. The maximum absolute atomic E-state index is 12.8. The van der Waals surface area contributed by atoms with Gasteiger partial charge in [0.1, 0.15) is 11.6 Å². The summed E-state index contributed by atoms with van der Waals surface area (Å²) in [4.78, 5) is 12.8. The lowest BCUT2D eigenvalue weighted by Crippen LogP contribution is -2.25. The molecule has 0 spiro atoms. The molecular weight excluding hydrogens is 372 g/mol. The van der Waals surface area contributed by atoms with Crippen molar-refractivity contribution in [1.29, 1.82) is 5.26 Å². The van der Waals surface area contributed by atoms with Gasteiger partial charge in [0.05, 0.1) is 0 Å². The minimum atomic E-state index is -0.431. The maximum atomic E-state index is 12.8. The molecule has 0 aliphatic heterocycles. The Balaban J connectivity index is 1.70. The average Bonchev–Trinajstić information content (AvgIpc) is 3.27. The number of rotatable bonds is 5. The number of fused-ring (bicyclic) bond motifs is 1. The van der Waals surface area contributed by atoms with E-state index in [9.17, 15) is 10.1 Å². The van der Waals surface area contributed by atoms with Crippen LogP contribution >= 0.6 is 0 Å². The fraction of sp³-hybridized carbons (Fsp3) is 0.120. The van der Waals surface area contributed by atoms with Crippen LogP contribution in [-0.4, -0.2) is 15.2 Å². The van der Waals surface area contributed by atoms with Gasteiger partial charge in [-0.15, -0.1) is 0 Å². The van der Waals surface area contributed by atoms with Crippen LogP contribution in [0.2, 0.25) is 0 Å². The number of carbonyl (C=O) groups excluding carboxylic acids is 1. The number of benzene rings is 2. The molecule has 0 fully saturated rings. The number of hydrogen-bond acceptors (Lipinski definition) is 2. The lowest BCUT2D eigenvalue weighted by molar-refractivity contribution is -0.113. The van der Waals surface area contributed by atoms with Crippen molar-refractivity contribution in [2.24, 2.45) is 0 Å². The SMILES string of the molecule is Cc1ccc(C)n1NC(=O)/C(C#N)=C/c1cn(Cc2ccccc2)c2ccccc12. The Bertz CT molecular complexity index is 1270. The van der Waals surface area contributed by atoms with Gasteiger partial charge in [-0.3, -0.25) is 14.9 Å².